The SMILES string of the molecule is CC(=O)Nc1ccc2c(c1C)C/C(=C\c1ccccc1)C2=O. The molecule has 0 fully saturated rings. The number of amides is 1. The molecule has 1 N–H and O–H groups in total. The molecule has 0 spiro atoms. The highest BCUT2D eigenvalue weighted by atomic mass is 16.1. The number of rotatable bonds is 2. The van der Waals surface area contributed by atoms with Crippen LogP contribution in [0.4, 0.5) is 5.69 Å². The lowest BCUT2D eigenvalue weighted by Crippen LogP contribution is -2.08. The number of carbonyl (C=O) groups is 2. The van der Waals surface area contributed by atoms with E-state index in [0.29, 0.717) is 6.42 Å². The highest BCUT2D eigenvalue weighted by molar-refractivity contribution is 6.16. The summed E-state index contributed by atoms with van der Waals surface area (Å²) in [5.41, 5.74) is 5.33. The van der Waals surface area contributed by atoms with Crippen molar-refractivity contribution in [2.45, 2.75) is 20.3 Å². The van der Waals surface area contributed by atoms with Gasteiger partial charge in [0.15, 0.2) is 5.78 Å². The van der Waals surface area contributed by atoms with Crippen LogP contribution in [0.3, 0.4) is 0 Å². The Hall–Kier alpha value is -2.68. The van der Waals surface area contributed by atoms with Crippen molar-refractivity contribution < 1.29 is 9.59 Å². The van der Waals surface area contributed by atoms with Crippen LogP contribution in [0.1, 0.15) is 34.0 Å². The second kappa shape index (κ2) is 5.60. The Balaban J connectivity index is 1.99. The van der Waals surface area contributed by atoms with Gasteiger partial charge in [-0.2, -0.15) is 0 Å². The molecule has 0 unspecified atom stereocenters. The standard InChI is InChI=1S/C19H17NO2/c1-12-17-11-15(10-14-6-4-3-5-7-14)19(22)16(17)8-9-18(12)20-13(2)21/h3-10H,11H2,1-2H3,(H,20,21)/b15-10+. The first-order valence-corrected chi connectivity index (χ1v) is 7.26. The first-order valence-electron chi connectivity index (χ1n) is 7.26. The molecule has 2 aromatic carbocycles. The zero-order chi connectivity index (χ0) is 15.7. The molecule has 0 saturated carbocycles. The molecule has 110 valence electrons. The molecule has 3 nitrogen and oxygen atoms in total. The molecule has 0 saturated heterocycles. The normalized spacial score (nSPS) is 15.0. The molecule has 22 heavy (non-hydrogen) atoms. The summed E-state index contributed by atoms with van der Waals surface area (Å²) >= 11 is 0. The van der Waals surface area contributed by atoms with Gasteiger partial charge >= 0.3 is 0 Å². The van der Waals surface area contributed by atoms with Gasteiger partial charge in [-0.25, -0.2) is 0 Å². The summed E-state index contributed by atoms with van der Waals surface area (Å²) in [4.78, 5) is 23.8. The molecule has 0 atom stereocenters. The summed E-state index contributed by atoms with van der Waals surface area (Å²) in [6, 6.07) is 13.5. The Morgan fingerprint density at radius 3 is 2.55 bits per heavy atom. The highest BCUT2D eigenvalue weighted by Gasteiger charge is 2.27. The number of hydrogen-bond acceptors (Lipinski definition) is 2. The Labute approximate surface area is 129 Å². The summed E-state index contributed by atoms with van der Waals surface area (Å²) < 4.78 is 0. The average molecular weight is 291 g/mol. The second-order valence-electron chi connectivity index (χ2n) is 5.53. The predicted octanol–water partition coefficient (Wildman–Crippen LogP) is 3.78. The first kappa shape index (κ1) is 14.3. The van der Waals surface area contributed by atoms with E-state index >= 15 is 0 Å². The first-order chi connectivity index (χ1) is 10.6. The van der Waals surface area contributed by atoms with Crippen LogP contribution >= 0.6 is 0 Å². The summed E-state index contributed by atoms with van der Waals surface area (Å²) in [7, 11) is 0. The van der Waals surface area contributed by atoms with Gasteiger partial charge in [0, 0.05) is 30.2 Å². The number of allylic oxidation sites excluding steroid dienone is 1. The third kappa shape index (κ3) is 2.58. The van der Waals surface area contributed by atoms with Crippen molar-refractivity contribution in [2.24, 2.45) is 0 Å². The number of Topliss-reactive ketones (excluding diaryl/α,β-unsaturated/α-hetero) is 1. The number of anilines is 1. The topological polar surface area (TPSA) is 46.2 Å². The highest BCUT2D eigenvalue weighted by Crippen LogP contribution is 2.33. The molecule has 3 heteroatoms. The van der Waals surface area contributed by atoms with E-state index in [1.165, 1.54) is 6.92 Å². The van der Waals surface area contributed by atoms with Gasteiger partial charge in [0.2, 0.25) is 5.91 Å². The monoisotopic (exact) mass is 291 g/mol. The third-order valence-corrected chi connectivity index (χ3v) is 3.95. The van der Waals surface area contributed by atoms with Crippen molar-refractivity contribution in [1.82, 2.24) is 0 Å². The van der Waals surface area contributed by atoms with Gasteiger partial charge in [-0.15, -0.1) is 0 Å². The number of nitrogens with one attached hydrogen (secondary N) is 1. The van der Waals surface area contributed by atoms with Crippen molar-refractivity contribution in [3.05, 3.63) is 70.3 Å². The summed E-state index contributed by atoms with van der Waals surface area (Å²) in [6.45, 7) is 3.43. The number of carbonyl (C=O) groups excluding carboxylic acids is 2. The molecule has 0 bridgehead atoms. The number of ketones is 1. The summed E-state index contributed by atoms with van der Waals surface area (Å²) in [5, 5.41) is 2.81. The Morgan fingerprint density at radius 2 is 1.86 bits per heavy atom. The molecular weight excluding hydrogens is 274 g/mol. The quantitative estimate of drug-likeness (QED) is 0.856. The molecule has 3 rings (SSSR count). The molecule has 0 heterocycles. The predicted molar refractivity (Wildman–Crippen MR) is 87.9 cm³/mol. The van der Waals surface area contributed by atoms with Crippen LogP contribution in [0.25, 0.3) is 6.08 Å². The van der Waals surface area contributed by atoms with E-state index in [2.05, 4.69) is 5.32 Å². The van der Waals surface area contributed by atoms with Gasteiger partial charge in [0.05, 0.1) is 0 Å². The molecule has 2 aromatic rings. The van der Waals surface area contributed by atoms with Gasteiger partial charge in [-0.3, -0.25) is 9.59 Å². The van der Waals surface area contributed by atoms with E-state index in [-0.39, 0.29) is 11.7 Å². The zero-order valence-electron chi connectivity index (χ0n) is 12.6. The third-order valence-electron chi connectivity index (χ3n) is 3.95. The number of benzene rings is 2. The number of fused-ring (bicyclic) bond motifs is 1. The van der Waals surface area contributed by atoms with Crippen LogP contribution < -0.4 is 5.32 Å². The van der Waals surface area contributed by atoms with Crippen LogP contribution in [0.5, 0.6) is 0 Å². The van der Waals surface area contributed by atoms with Crippen LogP contribution in [0, 0.1) is 6.92 Å². The van der Waals surface area contributed by atoms with E-state index in [9.17, 15) is 9.59 Å². The maximum atomic E-state index is 12.5. The molecule has 1 aliphatic rings. The molecular formula is C19H17NO2. The van der Waals surface area contributed by atoms with Crippen LogP contribution in [-0.4, -0.2) is 11.7 Å². The Kier molecular flexibility index (Phi) is 3.63. The van der Waals surface area contributed by atoms with E-state index in [0.717, 1.165) is 33.5 Å². The smallest absolute Gasteiger partial charge is 0.221 e. The fourth-order valence-electron chi connectivity index (χ4n) is 2.83. The van der Waals surface area contributed by atoms with Crippen LogP contribution in [-0.2, 0) is 11.2 Å². The molecule has 1 aliphatic carbocycles. The van der Waals surface area contributed by atoms with E-state index < -0.39 is 0 Å². The Morgan fingerprint density at radius 1 is 1.14 bits per heavy atom. The minimum atomic E-state index is -0.104. The van der Waals surface area contributed by atoms with Gasteiger partial charge in [-0.05, 0) is 41.8 Å². The molecule has 0 aliphatic heterocycles. The fourth-order valence-corrected chi connectivity index (χ4v) is 2.83. The van der Waals surface area contributed by atoms with Crippen molar-refractivity contribution in [2.75, 3.05) is 5.32 Å². The maximum absolute atomic E-state index is 12.5. The van der Waals surface area contributed by atoms with Crippen LogP contribution in [0.15, 0.2) is 48.0 Å². The molecule has 0 aromatic heterocycles. The Bertz CT molecular complexity index is 789. The lowest BCUT2D eigenvalue weighted by Gasteiger charge is -2.10. The lowest BCUT2D eigenvalue weighted by molar-refractivity contribution is -0.114. The van der Waals surface area contributed by atoms with E-state index in [4.69, 9.17) is 0 Å². The lowest BCUT2D eigenvalue weighted by atomic mass is 10.0. The fraction of sp³-hybridized carbons (Fsp3) is 0.158. The maximum Gasteiger partial charge on any atom is 0.221 e. The van der Waals surface area contributed by atoms with Crippen molar-refractivity contribution in [1.29, 1.82) is 0 Å². The van der Waals surface area contributed by atoms with Gasteiger partial charge in [0.25, 0.3) is 0 Å². The van der Waals surface area contributed by atoms with Crippen LogP contribution in [0.2, 0.25) is 0 Å². The zero-order valence-corrected chi connectivity index (χ0v) is 12.6. The second-order valence-corrected chi connectivity index (χ2v) is 5.53. The molecule has 1 amide bonds. The minimum absolute atomic E-state index is 0.0799. The average Bonchev–Trinajstić information content (AvgIpc) is 2.80. The van der Waals surface area contributed by atoms with Gasteiger partial charge < -0.3 is 5.32 Å². The van der Waals surface area contributed by atoms with Crippen molar-refractivity contribution >= 4 is 23.5 Å². The van der Waals surface area contributed by atoms with E-state index in [1.807, 2.05) is 49.4 Å². The number of hydrogen-bond donors (Lipinski definition) is 1. The minimum Gasteiger partial charge on any atom is -0.326 e. The summed E-state index contributed by atoms with van der Waals surface area (Å²) in [5.74, 6) is -0.0243. The molecule has 0 radical (unpaired) electrons. The van der Waals surface area contributed by atoms with Gasteiger partial charge in [-0.1, -0.05) is 30.3 Å². The van der Waals surface area contributed by atoms with E-state index in [1.54, 1.807) is 6.07 Å². The van der Waals surface area contributed by atoms with Crippen molar-refractivity contribution in [3.8, 4) is 0 Å². The largest absolute Gasteiger partial charge is 0.326 e. The van der Waals surface area contributed by atoms with Gasteiger partial charge in [0.1, 0.15) is 0 Å². The summed E-state index contributed by atoms with van der Waals surface area (Å²) in [6.07, 6.45) is 2.56. The van der Waals surface area contributed by atoms with Crippen molar-refractivity contribution in [3.63, 3.8) is 0 Å².